The van der Waals surface area contributed by atoms with Crippen LogP contribution in [0.4, 0.5) is 4.79 Å². The molecule has 0 atom stereocenters. The van der Waals surface area contributed by atoms with E-state index < -0.39 is 0 Å². The fourth-order valence-electron chi connectivity index (χ4n) is 4.20. The molecule has 1 aliphatic carbocycles. The van der Waals surface area contributed by atoms with Gasteiger partial charge in [0.15, 0.2) is 0 Å². The number of carbonyl (C=O) groups excluding carboxylic acids is 1. The Morgan fingerprint density at radius 2 is 1.55 bits per heavy atom. The Kier molecular flexibility index (Phi) is 6.44. The molecule has 0 bridgehead atoms. The highest BCUT2D eigenvalue weighted by Gasteiger charge is 2.30. The molecule has 1 saturated heterocycles. The van der Waals surface area contributed by atoms with Crippen molar-refractivity contribution in [3.63, 3.8) is 0 Å². The van der Waals surface area contributed by atoms with Gasteiger partial charge >= 0.3 is 6.09 Å². The largest absolute Gasteiger partial charge is 0.448 e. The van der Waals surface area contributed by atoms with Crippen LogP contribution in [-0.4, -0.2) is 80.2 Å². The minimum Gasteiger partial charge on any atom is -0.448 e. The number of piperazine rings is 1. The molecule has 1 aliphatic heterocycles. The van der Waals surface area contributed by atoms with E-state index in [-0.39, 0.29) is 18.6 Å². The third kappa shape index (κ3) is 4.45. The highest BCUT2D eigenvalue weighted by atomic mass is 16.6. The van der Waals surface area contributed by atoms with Crippen molar-refractivity contribution in [2.75, 3.05) is 59.2 Å². The number of rotatable bonds is 7. The van der Waals surface area contributed by atoms with Crippen molar-refractivity contribution < 1.29 is 19.4 Å². The van der Waals surface area contributed by atoms with Crippen LogP contribution in [0, 0.1) is 0 Å². The van der Waals surface area contributed by atoms with E-state index in [1.54, 1.807) is 4.90 Å². The summed E-state index contributed by atoms with van der Waals surface area (Å²) in [6, 6.07) is 16.7. The number of aliphatic hydroxyl groups is 1. The monoisotopic (exact) mass is 396 g/mol. The molecule has 0 unspecified atom stereocenters. The maximum Gasteiger partial charge on any atom is 0.409 e. The van der Waals surface area contributed by atoms with Crippen LogP contribution in [-0.2, 0) is 9.47 Å². The van der Waals surface area contributed by atoms with E-state index in [1.807, 2.05) is 12.1 Å². The van der Waals surface area contributed by atoms with Crippen molar-refractivity contribution >= 4 is 6.09 Å². The summed E-state index contributed by atoms with van der Waals surface area (Å²) in [6.45, 7) is 5.16. The zero-order chi connectivity index (χ0) is 20.1. The number of fused-ring (bicyclic) bond motifs is 3. The first-order valence-corrected chi connectivity index (χ1v) is 10.3. The number of hydrogen-bond donors (Lipinski definition) is 1. The predicted molar refractivity (Wildman–Crippen MR) is 111 cm³/mol. The lowest BCUT2D eigenvalue weighted by Gasteiger charge is -2.34. The van der Waals surface area contributed by atoms with Crippen molar-refractivity contribution in [2.45, 2.75) is 5.92 Å². The van der Waals surface area contributed by atoms with Crippen molar-refractivity contribution in [3.05, 3.63) is 59.7 Å². The fraction of sp³-hybridized carbons (Fsp3) is 0.435. The highest BCUT2D eigenvalue weighted by Crippen LogP contribution is 2.44. The molecule has 2 aromatic carbocycles. The normalized spacial score (nSPS) is 16.5. The van der Waals surface area contributed by atoms with Gasteiger partial charge in [0, 0.05) is 38.6 Å². The lowest BCUT2D eigenvalue weighted by Crippen LogP contribution is -2.49. The van der Waals surface area contributed by atoms with E-state index in [0.717, 1.165) is 19.6 Å². The molecule has 154 valence electrons. The van der Waals surface area contributed by atoms with Gasteiger partial charge in [0.05, 0.1) is 19.8 Å². The molecule has 29 heavy (non-hydrogen) atoms. The van der Waals surface area contributed by atoms with Crippen LogP contribution in [0.1, 0.15) is 17.0 Å². The summed E-state index contributed by atoms with van der Waals surface area (Å²) in [5.74, 6) is 0.0938. The molecule has 0 aromatic heterocycles. The number of amides is 1. The fourth-order valence-corrected chi connectivity index (χ4v) is 4.20. The molecule has 1 N–H and O–H groups in total. The summed E-state index contributed by atoms with van der Waals surface area (Å²) < 4.78 is 11.1. The third-order valence-electron chi connectivity index (χ3n) is 5.75. The molecule has 2 aromatic rings. The van der Waals surface area contributed by atoms with Gasteiger partial charge in [0.25, 0.3) is 0 Å². The van der Waals surface area contributed by atoms with Crippen molar-refractivity contribution in [1.82, 2.24) is 9.80 Å². The van der Waals surface area contributed by atoms with Gasteiger partial charge in [-0.25, -0.2) is 4.79 Å². The first kappa shape index (κ1) is 19.9. The third-order valence-corrected chi connectivity index (χ3v) is 5.75. The van der Waals surface area contributed by atoms with Crippen LogP contribution in [0.25, 0.3) is 11.1 Å². The minimum atomic E-state index is -0.233. The summed E-state index contributed by atoms with van der Waals surface area (Å²) in [6.07, 6.45) is -0.233. The smallest absolute Gasteiger partial charge is 0.409 e. The molecule has 2 aliphatic rings. The first-order chi connectivity index (χ1) is 14.3. The Hall–Kier alpha value is -2.41. The molecular weight excluding hydrogens is 368 g/mol. The topological polar surface area (TPSA) is 62.2 Å². The molecular formula is C23H28N2O4. The Morgan fingerprint density at radius 3 is 2.17 bits per heavy atom. The molecule has 6 nitrogen and oxygen atoms in total. The summed E-state index contributed by atoms with van der Waals surface area (Å²) >= 11 is 0. The molecule has 0 saturated carbocycles. The summed E-state index contributed by atoms with van der Waals surface area (Å²) in [5.41, 5.74) is 4.94. The molecule has 1 heterocycles. The second kappa shape index (κ2) is 9.39. The lowest BCUT2D eigenvalue weighted by molar-refractivity contribution is 0.0492. The highest BCUT2D eigenvalue weighted by molar-refractivity contribution is 5.79. The van der Waals surface area contributed by atoms with Crippen molar-refractivity contribution in [2.24, 2.45) is 0 Å². The van der Waals surface area contributed by atoms with Gasteiger partial charge in [0.1, 0.15) is 6.61 Å². The Morgan fingerprint density at radius 1 is 0.931 bits per heavy atom. The zero-order valence-corrected chi connectivity index (χ0v) is 16.6. The Labute approximate surface area is 171 Å². The minimum absolute atomic E-state index is 0.0512. The van der Waals surface area contributed by atoms with Gasteiger partial charge < -0.3 is 19.5 Å². The van der Waals surface area contributed by atoms with Crippen LogP contribution < -0.4 is 0 Å². The number of hydrogen-bond acceptors (Lipinski definition) is 5. The maximum atomic E-state index is 12.6. The van der Waals surface area contributed by atoms with E-state index in [9.17, 15) is 4.79 Å². The van der Waals surface area contributed by atoms with Crippen LogP contribution >= 0.6 is 0 Å². The SMILES string of the molecule is O=C(OCC1c2ccccc2-c2ccccc21)N1CCN(CCOCCO)CC1. The summed E-state index contributed by atoms with van der Waals surface area (Å²) in [4.78, 5) is 16.7. The van der Waals surface area contributed by atoms with Gasteiger partial charge in [-0.1, -0.05) is 48.5 Å². The van der Waals surface area contributed by atoms with Crippen molar-refractivity contribution in [3.8, 4) is 11.1 Å². The van der Waals surface area contributed by atoms with Crippen molar-refractivity contribution in [1.29, 1.82) is 0 Å². The predicted octanol–water partition coefficient (Wildman–Crippen LogP) is 2.56. The number of ether oxygens (including phenoxy) is 2. The average Bonchev–Trinajstić information content (AvgIpc) is 3.09. The molecule has 6 heteroatoms. The maximum absolute atomic E-state index is 12.6. The van der Waals surface area contributed by atoms with Crippen LogP contribution in [0.15, 0.2) is 48.5 Å². The zero-order valence-electron chi connectivity index (χ0n) is 16.6. The van der Waals surface area contributed by atoms with Gasteiger partial charge in [0.2, 0.25) is 0 Å². The summed E-state index contributed by atoms with van der Waals surface area (Å²) in [5, 5.41) is 8.74. The first-order valence-electron chi connectivity index (χ1n) is 10.3. The summed E-state index contributed by atoms with van der Waals surface area (Å²) in [7, 11) is 0. The van der Waals surface area contributed by atoms with Crippen LogP contribution in [0.3, 0.4) is 0 Å². The lowest BCUT2D eigenvalue weighted by atomic mass is 9.98. The number of nitrogens with zero attached hydrogens (tertiary/aromatic N) is 2. The Bertz CT molecular complexity index is 788. The quantitative estimate of drug-likeness (QED) is 0.729. The average molecular weight is 396 g/mol. The van der Waals surface area contributed by atoms with Gasteiger partial charge in [-0.05, 0) is 22.3 Å². The van der Waals surface area contributed by atoms with Crippen LogP contribution in [0.5, 0.6) is 0 Å². The second-order valence-corrected chi connectivity index (χ2v) is 7.47. The van der Waals surface area contributed by atoms with E-state index >= 15 is 0 Å². The van der Waals surface area contributed by atoms with Gasteiger partial charge in [-0.3, -0.25) is 4.90 Å². The van der Waals surface area contributed by atoms with E-state index in [0.29, 0.717) is 32.9 Å². The molecule has 0 radical (unpaired) electrons. The number of carbonyl (C=O) groups is 1. The standard InChI is InChI=1S/C23H28N2O4/c26-14-16-28-15-13-24-9-11-25(12-10-24)23(27)29-17-22-20-7-3-1-5-18(20)19-6-2-4-8-21(19)22/h1-8,22,26H,9-17H2. The van der Waals surface area contributed by atoms with Gasteiger partial charge in [-0.2, -0.15) is 0 Å². The molecule has 4 rings (SSSR count). The second-order valence-electron chi connectivity index (χ2n) is 7.47. The van der Waals surface area contributed by atoms with Crippen LogP contribution in [0.2, 0.25) is 0 Å². The molecule has 1 amide bonds. The van der Waals surface area contributed by atoms with E-state index in [2.05, 4.69) is 41.3 Å². The van der Waals surface area contributed by atoms with E-state index in [1.165, 1.54) is 22.3 Å². The van der Waals surface area contributed by atoms with E-state index in [4.69, 9.17) is 14.6 Å². The number of benzene rings is 2. The molecule has 0 spiro atoms. The Balaban J connectivity index is 1.30. The van der Waals surface area contributed by atoms with Gasteiger partial charge in [-0.15, -0.1) is 0 Å². The molecule has 1 fully saturated rings. The number of aliphatic hydroxyl groups excluding tert-OH is 1.